The second-order valence-corrected chi connectivity index (χ2v) is 5.10. The molecule has 1 fully saturated rings. The van der Waals surface area contributed by atoms with E-state index in [1.165, 1.54) is 0 Å². The van der Waals surface area contributed by atoms with Crippen LogP contribution in [0.5, 0.6) is 0 Å². The molecule has 0 spiro atoms. The van der Waals surface area contributed by atoms with Crippen molar-refractivity contribution in [1.82, 2.24) is 15.0 Å². The second kappa shape index (κ2) is 4.75. The lowest BCUT2D eigenvalue weighted by Gasteiger charge is -2.45. The van der Waals surface area contributed by atoms with E-state index in [1.807, 2.05) is 37.3 Å². The maximum atomic E-state index is 9.94. The van der Waals surface area contributed by atoms with E-state index in [0.717, 1.165) is 12.0 Å². The summed E-state index contributed by atoms with van der Waals surface area (Å²) in [5.74, 6) is 1.21. The Hall–Kier alpha value is -1.72. The molecular weight excluding hydrogens is 242 g/mol. The molecule has 1 aliphatic rings. The van der Waals surface area contributed by atoms with Crippen LogP contribution in [0.25, 0.3) is 11.5 Å². The molecular formula is C14H17N3O2. The number of hydrogen-bond donors (Lipinski definition) is 1. The van der Waals surface area contributed by atoms with Crippen LogP contribution in [-0.2, 0) is 6.54 Å². The highest BCUT2D eigenvalue weighted by Crippen LogP contribution is 2.25. The number of benzene rings is 1. The molecule has 1 aliphatic heterocycles. The topological polar surface area (TPSA) is 62.4 Å². The first kappa shape index (κ1) is 12.3. The fourth-order valence-corrected chi connectivity index (χ4v) is 2.34. The summed E-state index contributed by atoms with van der Waals surface area (Å²) in [5, 5.41) is 13.9. The van der Waals surface area contributed by atoms with Gasteiger partial charge in [-0.1, -0.05) is 30.3 Å². The van der Waals surface area contributed by atoms with Crippen molar-refractivity contribution in [3.05, 3.63) is 36.2 Å². The third-order valence-corrected chi connectivity index (χ3v) is 3.55. The summed E-state index contributed by atoms with van der Waals surface area (Å²) in [6, 6.07) is 9.71. The van der Waals surface area contributed by atoms with Gasteiger partial charge in [-0.3, -0.25) is 4.90 Å². The summed E-state index contributed by atoms with van der Waals surface area (Å²) < 4.78 is 5.25. The Morgan fingerprint density at radius 3 is 2.74 bits per heavy atom. The molecule has 1 saturated heterocycles. The van der Waals surface area contributed by atoms with Crippen molar-refractivity contribution in [3.63, 3.8) is 0 Å². The van der Waals surface area contributed by atoms with E-state index in [0.29, 0.717) is 31.3 Å². The monoisotopic (exact) mass is 259 g/mol. The van der Waals surface area contributed by atoms with Gasteiger partial charge in [-0.05, 0) is 18.6 Å². The van der Waals surface area contributed by atoms with Crippen molar-refractivity contribution in [1.29, 1.82) is 0 Å². The van der Waals surface area contributed by atoms with Gasteiger partial charge < -0.3 is 9.63 Å². The van der Waals surface area contributed by atoms with Gasteiger partial charge in [0.15, 0.2) is 5.82 Å². The van der Waals surface area contributed by atoms with E-state index in [2.05, 4.69) is 15.0 Å². The zero-order chi connectivity index (χ0) is 13.3. The minimum absolute atomic E-state index is 0.522. The molecule has 0 amide bonds. The minimum atomic E-state index is -0.522. The SMILES string of the molecule is CCC1(O)CN(Cc2noc(-c3ccccc3)n2)C1. The highest BCUT2D eigenvalue weighted by molar-refractivity contribution is 5.51. The summed E-state index contributed by atoms with van der Waals surface area (Å²) in [6.45, 7) is 3.98. The van der Waals surface area contributed by atoms with Crippen LogP contribution < -0.4 is 0 Å². The van der Waals surface area contributed by atoms with Crippen molar-refractivity contribution >= 4 is 0 Å². The molecule has 0 bridgehead atoms. The number of hydrogen-bond acceptors (Lipinski definition) is 5. The molecule has 1 aromatic heterocycles. The summed E-state index contributed by atoms with van der Waals surface area (Å²) in [7, 11) is 0. The summed E-state index contributed by atoms with van der Waals surface area (Å²) >= 11 is 0. The van der Waals surface area contributed by atoms with Gasteiger partial charge in [0.2, 0.25) is 0 Å². The smallest absolute Gasteiger partial charge is 0.257 e. The highest BCUT2D eigenvalue weighted by atomic mass is 16.5. The number of aromatic nitrogens is 2. The third kappa shape index (κ3) is 2.52. The van der Waals surface area contributed by atoms with Gasteiger partial charge in [0, 0.05) is 18.7 Å². The largest absolute Gasteiger partial charge is 0.387 e. The van der Waals surface area contributed by atoms with E-state index in [4.69, 9.17) is 4.52 Å². The van der Waals surface area contributed by atoms with Crippen molar-refractivity contribution in [2.75, 3.05) is 13.1 Å². The number of nitrogens with zero attached hydrogens (tertiary/aromatic N) is 3. The first-order valence-corrected chi connectivity index (χ1v) is 6.51. The highest BCUT2D eigenvalue weighted by Gasteiger charge is 2.39. The first-order chi connectivity index (χ1) is 9.18. The molecule has 5 heteroatoms. The van der Waals surface area contributed by atoms with Crippen molar-refractivity contribution in [3.8, 4) is 11.5 Å². The lowest BCUT2D eigenvalue weighted by Crippen LogP contribution is -2.60. The number of likely N-dealkylation sites (tertiary alicyclic amines) is 1. The lowest BCUT2D eigenvalue weighted by molar-refractivity contribution is -0.104. The molecule has 0 saturated carbocycles. The average Bonchev–Trinajstić information content (AvgIpc) is 2.86. The first-order valence-electron chi connectivity index (χ1n) is 6.51. The Bertz CT molecular complexity index is 547. The van der Waals surface area contributed by atoms with Crippen molar-refractivity contribution in [2.24, 2.45) is 0 Å². The molecule has 100 valence electrons. The number of rotatable bonds is 4. The van der Waals surface area contributed by atoms with Crippen LogP contribution in [0.15, 0.2) is 34.9 Å². The van der Waals surface area contributed by atoms with Crippen molar-refractivity contribution < 1.29 is 9.63 Å². The maximum absolute atomic E-state index is 9.94. The molecule has 19 heavy (non-hydrogen) atoms. The predicted molar refractivity (Wildman–Crippen MR) is 70.3 cm³/mol. The normalized spacial score (nSPS) is 18.2. The molecule has 1 aromatic carbocycles. The zero-order valence-electron chi connectivity index (χ0n) is 10.9. The Kier molecular flexibility index (Phi) is 3.08. The van der Waals surface area contributed by atoms with Gasteiger partial charge in [0.05, 0.1) is 12.1 Å². The van der Waals surface area contributed by atoms with Crippen LogP contribution in [-0.4, -0.2) is 38.8 Å². The predicted octanol–water partition coefficient (Wildman–Crippen LogP) is 1.69. The molecule has 3 rings (SSSR count). The molecule has 0 unspecified atom stereocenters. The van der Waals surface area contributed by atoms with E-state index in [9.17, 15) is 5.11 Å². The fraction of sp³-hybridized carbons (Fsp3) is 0.429. The van der Waals surface area contributed by atoms with Crippen LogP contribution in [0, 0.1) is 0 Å². The van der Waals surface area contributed by atoms with Crippen LogP contribution in [0.4, 0.5) is 0 Å². The molecule has 0 aliphatic carbocycles. The van der Waals surface area contributed by atoms with Crippen LogP contribution >= 0.6 is 0 Å². The summed E-state index contributed by atoms with van der Waals surface area (Å²) in [5.41, 5.74) is 0.404. The number of β-amino-alcohol motifs (C(OH)–C–C–N with tert-alkyl or cyclic N) is 1. The Morgan fingerprint density at radius 2 is 2.05 bits per heavy atom. The molecule has 5 nitrogen and oxygen atoms in total. The van der Waals surface area contributed by atoms with Gasteiger partial charge >= 0.3 is 0 Å². The quantitative estimate of drug-likeness (QED) is 0.905. The van der Waals surface area contributed by atoms with E-state index < -0.39 is 5.60 Å². The van der Waals surface area contributed by atoms with Crippen molar-refractivity contribution in [2.45, 2.75) is 25.5 Å². The van der Waals surface area contributed by atoms with Gasteiger partial charge in [-0.25, -0.2) is 0 Å². The Labute approximate surface area is 111 Å². The van der Waals surface area contributed by atoms with E-state index >= 15 is 0 Å². The second-order valence-electron chi connectivity index (χ2n) is 5.10. The molecule has 1 N–H and O–H groups in total. The Balaban J connectivity index is 1.64. The fourth-order valence-electron chi connectivity index (χ4n) is 2.34. The standard InChI is InChI=1S/C14H17N3O2/c1-2-14(18)9-17(10-14)8-12-15-13(19-16-12)11-6-4-3-5-7-11/h3-7,18H,2,8-10H2,1H3. The summed E-state index contributed by atoms with van der Waals surface area (Å²) in [4.78, 5) is 6.49. The van der Waals surface area contributed by atoms with Gasteiger partial charge in [0.1, 0.15) is 0 Å². The molecule has 2 aromatic rings. The Morgan fingerprint density at radius 1 is 1.32 bits per heavy atom. The third-order valence-electron chi connectivity index (χ3n) is 3.55. The van der Waals surface area contributed by atoms with E-state index in [1.54, 1.807) is 0 Å². The van der Waals surface area contributed by atoms with E-state index in [-0.39, 0.29) is 0 Å². The summed E-state index contributed by atoms with van der Waals surface area (Å²) in [6.07, 6.45) is 0.783. The minimum Gasteiger partial charge on any atom is -0.387 e. The molecule has 0 radical (unpaired) electrons. The molecule has 2 heterocycles. The van der Waals surface area contributed by atoms with Gasteiger partial charge in [0.25, 0.3) is 5.89 Å². The van der Waals surface area contributed by atoms with Crippen LogP contribution in [0.3, 0.4) is 0 Å². The molecule has 0 atom stereocenters. The number of aliphatic hydroxyl groups is 1. The lowest BCUT2D eigenvalue weighted by atomic mass is 9.91. The zero-order valence-corrected chi connectivity index (χ0v) is 10.9. The van der Waals surface area contributed by atoms with Gasteiger partial charge in [-0.2, -0.15) is 4.98 Å². The van der Waals surface area contributed by atoms with Crippen LogP contribution in [0.2, 0.25) is 0 Å². The maximum Gasteiger partial charge on any atom is 0.257 e. The van der Waals surface area contributed by atoms with Crippen LogP contribution in [0.1, 0.15) is 19.2 Å². The average molecular weight is 259 g/mol. The van der Waals surface area contributed by atoms with Gasteiger partial charge in [-0.15, -0.1) is 0 Å².